The van der Waals surface area contributed by atoms with Crippen molar-refractivity contribution in [1.29, 1.82) is 0 Å². The Balaban J connectivity index is 0. The van der Waals surface area contributed by atoms with E-state index in [-0.39, 0.29) is 20.4 Å². The summed E-state index contributed by atoms with van der Waals surface area (Å²) in [6.45, 7) is 0. The third-order valence-corrected chi connectivity index (χ3v) is 3.06. The molecule has 1 aromatic rings. The predicted molar refractivity (Wildman–Crippen MR) is 88.6 cm³/mol. The van der Waals surface area contributed by atoms with Crippen LogP contribution in [0.1, 0.15) is 51.4 Å². The Morgan fingerprint density at radius 3 is 1.52 bits per heavy atom. The van der Waals surface area contributed by atoms with Crippen LogP contribution in [0.25, 0.3) is 0 Å². The molecule has 21 heavy (non-hydrogen) atoms. The van der Waals surface area contributed by atoms with Gasteiger partial charge in [0.2, 0.25) is 0 Å². The Hall–Kier alpha value is -0.0277. The fraction of sp³-hybridized carbons (Fsp3) is 0.500. The summed E-state index contributed by atoms with van der Waals surface area (Å²) < 4.78 is 4.89. The van der Waals surface area contributed by atoms with Crippen LogP contribution in [0, 0.1) is 25.3 Å². The zero-order valence-electron chi connectivity index (χ0n) is 12.9. The minimum Gasteiger partial charge on any atom is -0.522 e. The quantitative estimate of drug-likeness (QED) is 0.412. The van der Waals surface area contributed by atoms with Crippen LogP contribution in [0.3, 0.4) is 0 Å². The van der Waals surface area contributed by atoms with E-state index in [1.54, 1.807) is 7.11 Å². The fourth-order valence-electron chi connectivity index (χ4n) is 1.95. The van der Waals surface area contributed by atoms with E-state index in [4.69, 9.17) is 4.74 Å². The molecule has 0 spiro atoms. The number of rotatable bonds is 1. The first-order chi connectivity index (χ1) is 9.93. The summed E-state index contributed by atoms with van der Waals surface area (Å²) in [6, 6.07) is 10.2. The molecule has 0 unspecified atom stereocenters. The maximum absolute atomic E-state index is 4.89. The van der Waals surface area contributed by atoms with Gasteiger partial charge in [-0.2, -0.15) is 43.9 Å². The first kappa shape index (κ1) is 23.2. The largest absolute Gasteiger partial charge is 0.522 e. The molecule has 2 fully saturated rings. The molecule has 0 saturated heterocycles. The standard InChI is InChI=1S/C7H7O.2C5H9.CH2Cl.Pd/c1-8-7-5-3-2-4-6-7;2*1-2-4-5-3-1;1-2;/h3-6H,1H3;2*1H,2-5H2;1H2;/q4*-1;. The third-order valence-electron chi connectivity index (χ3n) is 3.06. The van der Waals surface area contributed by atoms with Gasteiger partial charge < -0.3 is 29.2 Å². The van der Waals surface area contributed by atoms with E-state index in [0.717, 1.165) is 5.75 Å². The van der Waals surface area contributed by atoms with Gasteiger partial charge in [-0.25, -0.2) is 0 Å². The van der Waals surface area contributed by atoms with Gasteiger partial charge in [-0.3, -0.25) is 6.38 Å². The third kappa shape index (κ3) is 16.2. The van der Waals surface area contributed by atoms with Gasteiger partial charge in [0.25, 0.3) is 0 Å². The van der Waals surface area contributed by atoms with Crippen LogP contribution in [-0.2, 0) is 20.4 Å². The van der Waals surface area contributed by atoms with Gasteiger partial charge >= 0.3 is 0 Å². The first-order valence-electron chi connectivity index (χ1n) is 7.33. The summed E-state index contributed by atoms with van der Waals surface area (Å²) >= 11 is 4.39. The second kappa shape index (κ2) is 20.0. The van der Waals surface area contributed by atoms with E-state index in [1.807, 2.05) is 24.3 Å². The molecule has 0 amide bonds. The molecule has 0 bridgehead atoms. The fourth-order valence-corrected chi connectivity index (χ4v) is 1.95. The SMILES string of the molecule is COc1cc[c-]cc1.[CH-]1CCCC1.[CH-]1CCCC1.[CH2-]Cl.[Pd]. The molecule has 0 N–H and O–H groups in total. The minimum atomic E-state index is 0. The Labute approximate surface area is 150 Å². The van der Waals surface area contributed by atoms with Crippen molar-refractivity contribution >= 4 is 11.6 Å². The van der Waals surface area contributed by atoms with Gasteiger partial charge in [0.05, 0.1) is 7.11 Å². The molecule has 0 atom stereocenters. The van der Waals surface area contributed by atoms with Crippen molar-refractivity contribution in [2.75, 3.05) is 7.11 Å². The Kier molecular flexibility index (Phi) is 22.1. The van der Waals surface area contributed by atoms with E-state index in [2.05, 4.69) is 36.9 Å². The van der Waals surface area contributed by atoms with E-state index in [9.17, 15) is 0 Å². The molecule has 3 rings (SSSR count). The van der Waals surface area contributed by atoms with Crippen molar-refractivity contribution in [3.63, 3.8) is 0 Å². The van der Waals surface area contributed by atoms with E-state index >= 15 is 0 Å². The van der Waals surface area contributed by atoms with Crippen LogP contribution in [0.5, 0.6) is 5.75 Å². The van der Waals surface area contributed by atoms with E-state index in [0.29, 0.717) is 0 Å². The summed E-state index contributed by atoms with van der Waals surface area (Å²) in [4.78, 5) is 0. The van der Waals surface area contributed by atoms with Crippen molar-refractivity contribution in [3.05, 3.63) is 49.6 Å². The number of hydrogen-bond donors (Lipinski definition) is 0. The molecule has 126 valence electrons. The number of halogens is 1. The van der Waals surface area contributed by atoms with Gasteiger partial charge in [0, 0.05) is 26.2 Å². The van der Waals surface area contributed by atoms with Crippen LogP contribution < -0.4 is 4.74 Å². The normalized spacial score (nSPS) is 15.0. The summed E-state index contributed by atoms with van der Waals surface area (Å²) in [6.07, 6.45) is 18.7. The maximum Gasteiger partial charge on any atom is 0.0743 e. The Morgan fingerprint density at radius 2 is 1.33 bits per heavy atom. The van der Waals surface area contributed by atoms with E-state index in [1.165, 1.54) is 51.4 Å². The van der Waals surface area contributed by atoms with Crippen molar-refractivity contribution in [1.82, 2.24) is 0 Å². The smallest absolute Gasteiger partial charge is 0.0743 e. The zero-order chi connectivity index (χ0) is 14.9. The molecule has 1 aromatic carbocycles. The van der Waals surface area contributed by atoms with Gasteiger partial charge in [0.15, 0.2) is 0 Å². The van der Waals surface area contributed by atoms with Crippen molar-refractivity contribution in [2.24, 2.45) is 0 Å². The van der Waals surface area contributed by atoms with Gasteiger partial charge in [-0.1, -0.05) is 25.7 Å². The second-order valence-electron chi connectivity index (χ2n) is 4.59. The first-order valence-corrected chi connectivity index (χ1v) is 7.87. The summed E-state index contributed by atoms with van der Waals surface area (Å²) in [5.41, 5.74) is 0. The molecular weight excluding hydrogens is 374 g/mol. The van der Waals surface area contributed by atoms with Gasteiger partial charge in [-0.05, 0) is 0 Å². The van der Waals surface area contributed by atoms with Crippen molar-refractivity contribution in [2.45, 2.75) is 51.4 Å². The summed E-state index contributed by atoms with van der Waals surface area (Å²) in [7, 11) is 1.65. The van der Waals surface area contributed by atoms with Crippen LogP contribution in [-0.4, -0.2) is 7.11 Å². The average Bonchev–Trinajstić information content (AvgIpc) is 3.27. The van der Waals surface area contributed by atoms with Gasteiger partial charge in [-0.15, -0.1) is 12.1 Å². The zero-order valence-corrected chi connectivity index (χ0v) is 15.2. The summed E-state index contributed by atoms with van der Waals surface area (Å²) in [5, 5.41) is 0. The Morgan fingerprint density at radius 1 is 0.952 bits per heavy atom. The number of ether oxygens (including phenoxy) is 1. The predicted octanol–water partition coefficient (Wildman–Crippen LogP) is 6.04. The summed E-state index contributed by atoms with van der Waals surface area (Å²) in [5.74, 6) is 0.878. The molecule has 2 saturated carbocycles. The number of methoxy groups -OCH3 is 1. The molecule has 2 aliphatic rings. The molecule has 1 nitrogen and oxygen atoms in total. The molecule has 0 aromatic heterocycles. The minimum absolute atomic E-state index is 0. The molecule has 2 aliphatic carbocycles. The topological polar surface area (TPSA) is 9.23 Å². The second-order valence-corrected chi connectivity index (χ2v) is 4.59. The monoisotopic (exact) mass is 400 g/mol. The maximum atomic E-state index is 4.89. The van der Waals surface area contributed by atoms with Crippen molar-refractivity contribution < 1.29 is 25.2 Å². The molecule has 0 aliphatic heterocycles. The van der Waals surface area contributed by atoms with E-state index < -0.39 is 0 Å². The molecule has 3 heteroatoms. The average molecular weight is 401 g/mol. The number of hydrogen-bond acceptors (Lipinski definition) is 1. The van der Waals surface area contributed by atoms with Crippen LogP contribution in [0.15, 0.2) is 24.3 Å². The van der Waals surface area contributed by atoms with Crippen LogP contribution in [0.2, 0.25) is 0 Å². The molecule has 0 radical (unpaired) electrons. The van der Waals surface area contributed by atoms with Gasteiger partial charge in [0.1, 0.15) is 0 Å². The Bertz CT molecular complexity index is 247. The van der Waals surface area contributed by atoms with Crippen molar-refractivity contribution in [3.8, 4) is 5.75 Å². The van der Waals surface area contributed by atoms with Crippen LogP contribution >= 0.6 is 11.6 Å². The molecule has 0 heterocycles. The van der Waals surface area contributed by atoms with Crippen LogP contribution in [0.4, 0.5) is 0 Å². The number of benzene rings is 1. The molecular formula is C18H27ClOPd-4.